The van der Waals surface area contributed by atoms with Crippen LogP contribution in [-0.4, -0.2) is 0 Å². The smallest absolute Gasteiger partial charge is 0.0973 e. The minimum atomic E-state index is -1.98. The summed E-state index contributed by atoms with van der Waals surface area (Å²) in [7, 11) is -1.98. The first-order valence-corrected chi connectivity index (χ1v) is 22.6. The fraction of sp³-hybridized carbons (Fsp3) is 0.0345. The number of fused-ring (bicyclic) bond motifs is 3. The molecule has 2 aliphatic rings. The molecule has 1 aliphatic heterocycles. The fourth-order valence-electron chi connectivity index (χ4n) is 9.15. The molecule has 1 aliphatic carbocycles. The Kier molecular flexibility index (Phi) is 9.34. The van der Waals surface area contributed by atoms with Gasteiger partial charge in [-0.15, -0.1) is 10.0 Å². The van der Waals surface area contributed by atoms with Crippen LogP contribution in [0.3, 0.4) is 0 Å². The quantitative estimate of drug-likeness (QED) is 0.151. The van der Waals surface area contributed by atoms with E-state index in [1.807, 2.05) is 0 Å². The van der Waals surface area contributed by atoms with Crippen molar-refractivity contribution in [2.75, 3.05) is 9.80 Å². The Labute approximate surface area is 360 Å². The SMILES string of the molecule is c1c(-c2ccccc2)ccc(N(c2ccc(-c3cccc4ccccc34)cc2)c2ccc3c(c2)S(C2=CCCC=C2)(c2ccccc2)c2ccccc2N3c2ccccc2)c#1. The minimum Gasteiger partial charge on any atom is -0.308 e. The summed E-state index contributed by atoms with van der Waals surface area (Å²) < 4.78 is 0. The normalized spacial score (nSPS) is 16.4. The number of nitrogens with zero attached hydrogens (tertiary/aromatic N) is 2. The van der Waals surface area contributed by atoms with Gasteiger partial charge < -0.3 is 9.80 Å². The molecule has 1 unspecified atom stereocenters. The van der Waals surface area contributed by atoms with Crippen LogP contribution >= 0.6 is 10.0 Å². The lowest BCUT2D eigenvalue weighted by Crippen LogP contribution is -2.23. The topological polar surface area (TPSA) is 6.48 Å². The summed E-state index contributed by atoms with van der Waals surface area (Å²) in [6, 6.07) is 84.5. The van der Waals surface area contributed by atoms with Crippen LogP contribution in [0.25, 0.3) is 33.0 Å². The van der Waals surface area contributed by atoms with Gasteiger partial charge in [0.2, 0.25) is 0 Å². The fourth-order valence-corrected chi connectivity index (χ4v) is 13.4. The van der Waals surface area contributed by atoms with Crippen molar-refractivity contribution >= 4 is 54.9 Å². The van der Waals surface area contributed by atoms with Crippen molar-refractivity contribution in [2.24, 2.45) is 0 Å². The van der Waals surface area contributed by atoms with Crippen LogP contribution in [0.2, 0.25) is 0 Å². The van der Waals surface area contributed by atoms with Gasteiger partial charge in [0, 0.05) is 37.3 Å². The molecule has 3 heteroatoms. The molecule has 290 valence electrons. The lowest BCUT2D eigenvalue weighted by molar-refractivity contribution is 1.03. The predicted molar refractivity (Wildman–Crippen MR) is 257 cm³/mol. The molecule has 0 spiro atoms. The zero-order valence-corrected chi connectivity index (χ0v) is 34.5. The number of hydrogen-bond acceptors (Lipinski definition) is 2. The summed E-state index contributed by atoms with van der Waals surface area (Å²) in [5, 5.41) is 2.49. The molecule has 9 aromatic carbocycles. The molecule has 0 bridgehead atoms. The molecule has 0 amide bonds. The van der Waals surface area contributed by atoms with E-state index < -0.39 is 10.0 Å². The van der Waals surface area contributed by atoms with Crippen molar-refractivity contribution in [2.45, 2.75) is 27.5 Å². The van der Waals surface area contributed by atoms with Crippen molar-refractivity contribution in [1.29, 1.82) is 0 Å². The summed E-state index contributed by atoms with van der Waals surface area (Å²) in [5.74, 6) is 0. The highest BCUT2D eigenvalue weighted by Crippen LogP contribution is 2.80. The predicted octanol–water partition coefficient (Wildman–Crippen LogP) is 16.5. The highest BCUT2D eigenvalue weighted by Gasteiger charge is 2.43. The zero-order valence-electron chi connectivity index (χ0n) is 33.7. The third kappa shape index (κ3) is 6.32. The first kappa shape index (κ1) is 36.6. The number of hydrogen-bond donors (Lipinski definition) is 0. The Morgan fingerprint density at radius 1 is 0.492 bits per heavy atom. The number of anilines is 6. The van der Waals surface area contributed by atoms with Crippen molar-refractivity contribution in [3.05, 3.63) is 248 Å². The van der Waals surface area contributed by atoms with Gasteiger partial charge in [-0.25, -0.2) is 0 Å². The van der Waals surface area contributed by atoms with Crippen LogP contribution in [0.15, 0.2) is 250 Å². The molecule has 0 fully saturated rings. The van der Waals surface area contributed by atoms with Gasteiger partial charge in [0.25, 0.3) is 0 Å². The Morgan fingerprint density at radius 3 is 1.95 bits per heavy atom. The van der Waals surface area contributed by atoms with E-state index in [0.29, 0.717) is 0 Å². The van der Waals surface area contributed by atoms with Crippen molar-refractivity contribution in [1.82, 2.24) is 0 Å². The van der Waals surface area contributed by atoms with E-state index in [1.165, 1.54) is 52.9 Å². The van der Waals surface area contributed by atoms with Gasteiger partial charge >= 0.3 is 0 Å². The Balaban J connectivity index is 1.15. The Morgan fingerprint density at radius 2 is 1.18 bits per heavy atom. The maximum absolute atomic E-state index is 3.62. The maximum Gasteiger partial charge on any atom is 0.0973 e. The molecule has 61 heavy (non-hydrogen) atoms. The zero-order chi connectivity index (χ0) is 40.6. The summed E-state index contributed by atoms with van der Waals surface area (Å²) in [6.07, 6.45) is 9.34. The number of para-hydroxylation sites is 2. The van der Waals surface area contributed by atoms with E-state index in [9.17, 15) is 0 Å². The molecular formula is C58H42N2S. The van der Waals surface area contributed by atoms with Crippen LogP contribution in [0, 0.1) is 12.1 Å². The second-order valence-corrected chi connectivity index (χ2v) is 18.5. The molecule has 0 saturated carbocycles. The third-order valence-electron chi connectivity index (χ3n) is 11.9. The molecule has 0 saturated heterocycles. The largest absolute Gasteiger partial charge is 0.308 e. The van der Waals surface area contributed by atoms with Crippen LogP contribution in [0.5, 0.6) is 0 Å². The van der Waals surface area contributed by atoms with Crippen molar-refractivity contribution < 1.29 is 0 Å². The van der Waals surface area contributed by atoms with E-state index in [1.54, 1.807) is 0 Å². The van der Waals surface area contributed by atoms with Gasteiger partial charge in [-0.2, -0.15) is 0 Å². The van der Waals surface area contributed by atoms with E-state index in [4.69, 9.17) is 0 Å². The van der Waals surface area contributed by atoms with Gasteiger partial charge in [-0.3, -0.25) is 0 Å². The van der Waals surface area contributed by atoms with Crippen LogP contribution in [0.1, 0.15) is 12.8 Å². The monoisotopic (exact) mass is 798 g/mol. The molecule has 0 aromatic heterocycles. The summed E-state index contributed by atoms with van der Waals surface area (Å²) in [5.41, 5.74) is 11.1. The number of rotatable bonds is 8. The van der Waals surface area contributed by atoms with Crippen molar-refractivity contribution in [3.63, 3.8) is 0 Å². The lowest BCUT2D eigenvalue weighted by Gasteiger charge is -2.51. The van der Waals surface area contributed by atoms with Gasteiger partial charge in [0.15, 0.2) is 0 Å². The van der Waals surface area contributed by atoms with Crippen LogP contribution in [0.4, 0.5) is 34.1 Å². The minimum absolute atomic E-state index is 0.922. The van der Waals surface area contributed by atoms with Crippen LogP contribution < -0.4 is 9.80 Å². The Hall–Kier alpha value is -7.51. The second-order valence-electron chi connectivity index (χ2n) is 15.5. The molecule has 0 radical (unpaired) electrons. The summed E-state index contributed by atoms with van der Waals surface area (Å²) in [4.78, 5) is 10.2. The average molecular weight is 799 g/mol. The molecule has 1 heterocycles. The summed E-state index contributed by atoms with van der Waals surface area (Å²) >= 11 is 0. The van der Waals surface area contributed by atoms with Crippen molar-refractivity contribution in [3.8, 4) is 22.3 Å². The molecular weight excluding hydrogens is 757 g/mol. The van der Waals surface area contributed by atoms with Gasteiger partial charge in [-0.05, 0) is 130 Å². The highest BCUT2D eigenvalue weighted by atomic mass is 32.3. The average Bonchev–Trinajstić information content (AvgIpc) is 3.35. The van der Waals surface area contributed by atoms with E-state index in [-0.39, 0.29) is 0 Å². The number of allylic oxidation sites excluding steroid dienone is 3. The van der Waals surface area contributed by atoms with E-state index in [0.717, 1.165) is 46.7 Å². The highest BCUT2D eigenvalue weighted by molar-refractivity contribution is 8.37. The maximum atomic E-state index is 3.62. The van der Waals surface area contributed by atoms with E-state index in [2.05, 4.69) is 252 Å². The van der Waals surface area contributed by atoms with E-state index >= 15 is 0 Å². The third-order valence-corrected chi connectivity index (χ3v) is 15.9. The number of benzene rings is 8. The van der Waals surface area contributed by atoms with Gasteiger partial charge in [0.1, 0.15) is 0 Å². The summed E-state index contributed by atoms with van der Waals surface area (Å²) in [6.45, 7) is 0. The Bertz CT molecular complexity index is 3060. The molecule has 1 atom stereocenters. The first-order valence-electron chi connectivity index (χ1n) is 21.0. The first-order chi connectivity index (χ1) is 30.3. The molecule has 11 rings (SSSR count). The lowest BCUT2D eigenvalue weighted by atomic mass is 9.98. The molecule has 9 aromatic rings. The molecule has 0 N–H and O–H groups in total. The molecule has 2 nitrogen and oxygen atoms in total. The van der Waals surface area contributed by atoms with Gasteiger partial charge in [0.05, 0.1) is 17.1 Å². The standard InChI is InChI=1S/C58H42N2S/c1-5-18-43(19-6-1)44-32-36-48(37-33-44)59(49-38-34-46(35-39-49)54-29-17-21-45-20-13-14-28-53(45)54)50-40-41-56-58(42-50)61(51-24-9-3-10-25-51,52-26-11-4-12-27-52)57-31-16-15-30-55(57)60(56)47-22-7-2-8-23-47/h1-3,5-11,13-32,34-36,38-42H,4,12H2. The van der Waals surface area contributed by atoms with Crippen LogP contribution in [-0.2, 0) is 0 Å². The van der Waals surface area contributed by atoms with Gasteiger partial charge in [-0.1, -0.05) is 158 Å². The second kappa shape index (κ2) is 15.6.